The van der Waals surface area contributed by atoms with Crippen LogP contribution in [0.3, 0.4) is 0 Å². The van der Waals surface area contributed by atoms with Gasteiger partial charge in [0.1, 0.15) is 6.04 Å². The molecule has 1 aliphatic heterocycles. The van der Waals surface area contributed by atoms with Crippen LogP contribution in [0.15, 0.2) is 60.7 Å². The number of likely N-dealkylation sites (N-methyl/N-ethyl adjacent to an activating group) is 1. The molecule has 0 aliphatic carbocycles. The number of carboxylic acid groups (broad SMARTS) is 1. The van der Waals surface area contributed by atoms with Crippen LogP contribution < -0.4 is 5.32 Å². The van der Waals surface area contributed by atoms with E-state index >= 15 is 0 Å². The summed E-state index contributed by atoms with van der Waals surface area (Å²) >= 11 is 0. The molecule has 0 spiro atoms. The van der Waals surface area contributed by atoms with Gasteiger partial charge in [-0.05, 0) is 17.5 Å². The molecule has 2 atom stereocenters. The number of aliphatic hydroxyl groups is 1. The highest BCUT2D eigenvalue weighted by molar-refractivity contribution is 5.89. The number of carbonyl (C=O) groups excluding carboxylic acids is 2. The predicted octanol–water partition coefficient (Wildman–Crippen LogP) is 0.896. The molecule has 1 aliphatic rings. The number of hydrogen-bond acceptors (Lipinski definition) is 7. The van der Waals surface area contributed by atoms with Gasteiger partial charge in [0.05, 0.1) is 19.8 Å². The van der Waals surface area contributed by atoms with E-state index in [9.17, 15) is 24.6 Å². The molecule has 3 N–H and O–H groups in total. The highest BCUT2D eigenvalue weighted by atomic mass is 16.4. The normalized spacial score (nSPS) is 16.1. The summed E-state index contributed by atoms with van der Waals surface area (Å²) in [7, 11) is 1.62. The lowest BCUT2D eigenvalue weighted by molar-refractivity contribution is -0.206. The van der Waals surface area contributed by atoms with Crippen LogP contribution in [-0.2, 0) is 27.5 Å². The molecular formula is C27H33N5O5. The summed E-state index contributed by atoms with van der Waals surface area (Å²) in [6, 6.07) is 17.9. The van der Waals surface area contributed by atoms with Crippen molar-refractivity contribution in [1.82, 2.24) is 25.1 Å². The highest BCUT2D eigenvalue weighted by Gasteiger charge is 2.40. The molecule has 0 bridgehead atoms. The lowest BCUT2D eigenvalue weighted by Gasteiger charge is -2.47. The van der Waals surface area contributed by atoms with Crippen LogP contribution in [0.25, 0.3) is 0 Å². The molecule has 10 nitrogen and oxygen atoms in total. The Morgan fingerprint density at radius 2 is 1.73 bits per heavy atom. The number of rotatable bonds is 12. The van der Waals surface area contributed by atoms with Gasteiger partial charge in [0.2, 0.25) is 11.8 Å². The molecule has 2 amide bonds. The Kier molecular flexibility index (Phi) is 10.2. The summed E-state index contributed by atoms with van der Waals surface area (Å²) < 4.78 is 0. The average molecular weight is 508 g/mol. The summed E-state index contributed by atoms with van der Waals surface area (Å²) in [5.41, 5.74) is 1.86. The number of nitrogens with zero attached hydrogens (tertiary/aromatic N) is 4. The number of benzene rings is 2. The van der Waals surface area contributed by atoms with Crippen molar-refractivity contribution in [2.45, 2.75) is 38.3 Å². The largest absolute Gasteiger partial charge is 0.481 e. The fourth-order valence-electron chi connectivity index (χ4n) is 4.19. The van der Waals surface area contributed by atoms with Crippen molar-refractivity contribution in [3.05, 3.63) is 71.8 Å². The number of terminal acetylenes is 1. The summed E-state index contributed by atoms with van der Waals surface area (Å²) in [5, 5.41) is 26.3. The second-order valence-corrected chi connectivity index (χ2v) is 8.84. The Balaban J connectivity index is 1.79. The summed E-state index contributed by atoms with van der Waals surface area (Å²) in [6.07, 6.45) is 3.94. The minimum Gasteiger partial charge on any atom is -0.481 e. The Hall–Kier alpha value is -3.75. The average Bonchev–Trinajstić information content (AvgIpc) is 2.89. The van der Waals surface area contributed by atoms with Gasteiger partial charge in [-0.3, -0.25) is 19.7 Å². The molecule has 0 saturated carbocycles. The van der Waals surface area contributed by atoms with Crippen molar-refractivity contribution in [3.8, 4) is 12.3 Å². The van der Waals surface area contributed by atoms with Gasteiger partial charge in [0.25, 0.3) is 0 Å². The Bertz CT molecular complexity index is 1090. The zero-order valence-corrected chi connectivity index (χ0v) is 20.9. The fourth-order valence-corrected chi connectivity index (χ4v) is 4.19. The molecular weight excluding hydrogens is 474 g/mol. The van der Waals surface area contributed by atoms with Gasteiger partial charge < -0.3 is 20.0 Å². The van der Waals surface area contributed by atoms with E-state index in [1.165, 1.54) is 19.8 Å². The van der Waals surface area contributed by atoms with Gasteiger partial charge in [-0.1, -0.05) is 66.6 Å². The van der Waals surface area contributed by atoms with Crippen LogP contribution in [0.1, 0.15) is 24.0 Å². The third-order valence-corrected chi connectivity index (χ3v) is 6.12. The van der Waals surface area contributed by atoms with E-state index in [2.05, 4.69) is 11.2 Å². The van der Waals surface area contributed by atoms with Gasteiger partial charge in [-0.15, -0.1) is 6.42 Å². The molecule has 37 heavy (non-hydrogen) atoms. The third kappa shape index (κ3) is 7.87. The van der Waals surface area contributed by atoms with Crippen LogP contribution >= 0.6 is 0 Å². The van der Waals surface area contributed by atoms with Crippen molar-refractivity contribution in [2.75, 3.05) is 26.8 Å². The molecule has 1 fully saturated rings. The van der Waals surface area contributed by atoms with E-state index in [1.807, 2.05) is 60.7 Å². The van der Waals surface area contributed by atoms with Crippen molar-refractivity contribution < 1.29 is 24.6 Å². The van der Waals surface area contributed by atoms with E-state index < -0.39 is 18.4 Å². The van der Waals surface area contributed by atoms with E-state index in [0.29, 0.717) is 13.1 Å². The number of nitrogens with one attached hydrogen (secondary N) is 1. The van der Waals surface area contributed by atoms with E-state index in [1.54, 1.807) is 7.05 Å². The second kappa shape index (κ2) is 13.5. The third-order valence-electron chi connectivity index (χ3n) is 6.12. The number of hydrazine groups is 1. The van der Waals surface area contributed by atoms with Crippen LogP contribution in [0.2, 0.25) is 0 Å². The SMILES string of the molecule is C#CCN1CC(=O)N([C@@H](CCC(=O)O)C(=O)N(C)Cc2ccccc2)CN1C(O)NCc1ccccc1. The van der Waals surface area contributed by atoms with Gasteiger partial charge in [0, 0.05) is 26.6 Å². The first-order chi connectivity index (χ1) is 17.8. The lowest BCUT2D eigenvalue weighted by Crippen LogP contribution is -2.67. The molecule has 3 rings (SSSR count). The minimum absolute atomic E-state index is 0.0600. The Labute approximate surface area is 217 Å². The first-order valence-corrected chi connectivity index (χ1v) is 12.0. The molecule has 0 aromatic heterocycles. The van der Waals surface area contributed by atoms with Crippen molar-refractivity contribution >= 4 is 17.8 Å². The van der Waals surface area contributed by atoms with E-state index in [4.69, 9.17) is 6.42 Å². The van der Waals surface area contributed by atoms with Crippen molar-refractivity contribution in [3.63, 3.8) is 0 Å². The van der Waals surface area contributed by atoms with E-state index in [-0.39, 0.29) is 44.4 Å². The highest BCUT2D eigenvalue weighted by Crippen LogP contribution is 2.20. The second-order valence-electron chi connectivity index (χ2n) is 8.84. The molecule has 1 unspecified atom stereocenters. The van der Waals surface area contributed by atoms with Crippen molar-refractivity contribution in [2.24, 2.45) is 0 Å². The molecule has 1 heterocycles. The molecule has 0 radical (unpaired) electrons. The maximum Gasteiger partial charge on any atom is 0.303 e. The van der Waals surface area contributed by atoms with E-state index in [0.717, 1.165) is 11.1 Å². The summed E-state index contributed by atoms with van der Waals surface area (Å²) in [6.45, 7) is 0.439. The molecule has 2 aromatic rings. The van der Waals surface area contributed by atoms with Crippen LogP contribution in [-0.4, -0.2) is 87.0 Å². The summed E-state index contributed by atoms with van der Waals surface area (Å²) in [5.74, 6) is 0.669. The monoisotopic (exact) mass is 507 g/mol. The number of carbonyl (C=O) groups is 3. The minimum atomic E-state index is -1.21. The first-order valence-electron chi connectivity index (χ1n) is 12.0. The smallest absolute Gasteiger partial charge is 0.303 e. The summed E-state index contributed by atoms with van der Waals surface area (Å²) in [4.78, 5) is 40.8. The topological polar surface area (TPSA) is 117 Å². The van der Waals surface area contributed by atoms with Gasteiger partial charge in [-0.2, -0.15) is 5.01 Å². The van der Waals surface area contributed by atoms with Gasteiger partial charge in [0.15, 0.2) is 6.35 Å². The zero-order chi connectivity index (χ0) is 26.8. The maximum atomic E-state index is 13.5. The Morgan fingerprint density at radius 3 is 2.32 bits per heavy atom. The lowest BCUT2D eigenvalue weighted by atomic mass is 10.1. The standard InChI is InChI=1S/C27H33N5O5/c1-3-16-30-19-24(33)31(20-32(30)27(37)28-17-21-10-6-4-7-11-21)23(14-15-25(34)35)26(36)29(2)18-22-12-8-5-9-13-22/h1,4-13,23,27-28,37H,14-20H2,2H3,(H,34,35)/t23-,27?/m0/s1. The quantitative estimate of drug-likeness (QED) is 0.287. The van der Waals surface area contributed by atoms with Crippen LogP contribution in [0.5, 0.6) is 0 Å². The van der Waals surface area contributed by atoms with Crippen molar-refractivity contribution in [1.29, 1.82) is 0 Å². The zero-order valence-electron chi connectivity index (χ0n) is 20.9. The van der Waals surface area contributed by atoms with Gasteiger partial charge in [-0.25, -0.2) is 5.01 Å². The van der Waals surface area contributed by atoms with Gasteiger partial charge >= 0.3 is 5.97 Å². The fraction of sp³-hybridized carbons (Fsp3) is 0.370. The van der Waals surface area contributed by atoms with Crippen LogP contribution in [0.4, 0.5) is 0 Å². The number of amides is 2. The molecule has 1 saturated heterocycles. The first kappa shape index (κ1) is 27.8. The predicted molar refractivity (Wildman–Crippen MR) is 137 cm³/mol. The number of aliphatic carboxylic acids is 1. The maximum absolute atomic E-state index is 13.5. The number of hydrogen-bond donors (Lipinski definition) is 3. The number of aliphatic hydroxyl groups excluding tert-OH is 1. The van der Waals surface area contributed by atoms with Crippen LogP contribution in [0, 0.1) is 12.3 Å². The Morgan fingerprint density at radius 1 is 1.11 bits per heavy atom. The molecule has 196 valence electrons. The molecule has 10 heteroatoms. The molecule has 2 aromatic carbocycles. The number of carboxylic acids is 1.